The van der Waals surface area contributed by atoms with Crippen molar-refractivity contribution in [3.05, 3.63) is 17.5 Å². The summed E-state index contributed by atoms with van der Waals surface area (Å²) < 4.78 is 26.1. The molecule has 0 radical (unpaired) electrons. The molecule has 0 unspecified atom stereocenters. The van der Waals surface area contributed by atoms with Gasteiger partial charge in [0.1, 0.15) is 4.21 Å². The number of rotatable bonds is 7. The predicted octanol–water partition coefficient (Wildman–Crippen LogP) is 1.19. The van der Waals surface area contributed by atoms with Crippen LogP contribution in [0.3, 0.4) is 0 Å². The van der Waals surface area contributed by atoms with Crippen molar-refractivity contribution >= 4 is 27.3 Å². The van der Waals surface area contributed by atoms with E-state index < -0.39 is 10.0 Å². The van der Waals surface area contributed by atoms with Gasteiger partial charge in [-0.1, -0.05) is 19.9 Å². The van der Waals surface area contributed by atoms with E-state index in [-0.39, 0.29) is 23.1 Å². The summed E-state index contributed by atoms with van der Waals surface area (Å²) in [4.78, 5) is 11.4. The topological polar surface area (TPSA) is 75.3 Å². The maximum atomic E-state index is 11.7. The van der Waals surface area contributed by atoms with E-state index in [1.54, 1.807) is 11.4 Å². The molecule has 1 aromatic rings. The first-order valence-corrected chi connectivity index (χ1v) is 8.08. The van der Waals surface area contributed by atoms with Gasteiger partial charge < -0.3 is 5.32 Å². The van der Waals surface area contributed by atoms with Crippen molar-refractivity contribution < 1.29 is 13.2 Å². The van der Waals surface area contributed by atoms with Crippen LogP contribution in [0.5, 0.6) is 0 Å². The Morgan fingerprint density at radius 3 is 2.72 bits per heavy atom. The number of nitrogens with one attached hydrogen (secondary N) is 2. The van der Waals surface area contributed by atoms with Gasteiger partial charge >= 0.3 is 0 Å². The molecule has 0 aliphatic carbocycles. The molecular weight excluding hydrogens is 272 g/mol. The summed E-state index contributed by atoms with van der Waals surface area (Å²) >= 11 is 1.15. The zero-order valence-electron chi connectivity index (χ0n) is 10.5. The van der Waals surface area contributed by atoms with Gasteiger partial charge in [0.05, 0.1) is 0 Å². The molecule has 1 heterocycles. The third-order valence-electron chi connectivity index (χ3n) is 2.11. The van der Waals surface area contributed by atoms with Gasteiger partial charge in [-0.3, -0.25) is 4.79 Å². The molecule has 0 spiro atoms. The number of hydrogen-bond donors (Lipinski definition) is 2. The predicted molar refractivity (Wildman–Crippen MR) is 72.0 cm³/mol. The SMILES string of the molecule is CC(C)CNC(=O)CCNS(=O)(=O)c1cccs1. The molecule has 0 aliphatic rings. The molecular formula is C11H18N2O3S2. The van der Waals surface area contributed by atoms with Crippen LogP contribution in [0.1, 0.15) is 20.3 Å². The summed E-state index contributed by atoms with van der Waals surface area (Å²) in [5.74, 6) is 0.245. The van der Waals surface area contributed by atoms with Crippen molar-refractivity contribution in [1.29, 1.82) is 0 Å². The van der Waals surface area contributed by atoms with Gasteiger partial charge in [0.2, 0.25) is 15.9 Å². The van der Waals surface area contributed by atoms with Crippen LogP contribution in [0.15, 0.2) is 21.7 Å². The number of carbonyl (C=O) groups excluding carboxylic acids is 1. The fourth-order valence-electron chi connectivity index (χ4n) is 1.19. The van der Waals surface area contributed by atoms with Crippen molar-refractivity contribution in [2.45, 2.75) is 24.5 Å². The zero-order valence-corrected chi connectivity index (χ0v) is 12.1. The lowest BCUT2D eigenvalue weighted by Gasteiger charge is -2.08. The van der Waals surface area contributed by atoms with Crippen LogP contribution in [-0.4, -0.2) is 27.4 Å². The van der Waals surface area contributed by atoms with Gasteiger partial charge in [-0.2, -0.15) is 0 Å². The summed E-state index contributed by atoms with van der Waals surface area (Å²) in [6.07, 6.45) is 0.150. The highest BCUT2D eigenvalue weighted by Crippen LogP contribution is 2.14. The molecule has 2 N–H and O–H groups in total. The van der Waals surface area contributed by atoms with Gasteiger partial charge in [0.25, 0.3) is 0 Å². The Morgan fingerprint density at radius 1 is 1.44 bits per heavy atom. The highest BCUT2D eigenvalue weighted by Gasteiger charge is 2.14. The Balaban J connectivity index is 2.32. The Kier molecular flexibility index (Phi) is 5.77. The van der Waals surface area contributed by atoms with Crippen molar-refractivity contribution in [1.82, 2.24) is 10.0 Å². The smallest absolute Gasteiger partial charge is 0.250 e. The van der Waals surface area contributed by atoms with Crippen LogP contribution in [0.2, 0.25) is 0 Å². The third-order valence-corrected chi connectivity index (χ3v) is 4.97. The Hall–Kier alpha value is -0.920. The van der Waals surface area contributed by atoms with Crippen molar-refractivity contribution in [2.75, 3.05) is 13.1 Å². The Labute approximate surface area is 112 Å². The van der Waals surface area contributed by atoms with Crippen LogP contribution in [0, 0.1) is 5.92 Å². The average Bonchev–Trinajstić information content (AvgIpc) is 2.80. The normalized spacial score (nSPS) is 11.7. The van der Waals surface area contributed by atoms with Crippen LogP contribution in [0.25, 0.3) is 0 Å². The lowest BCUT2D eigenvalue weighted by molar-refractivity contribution is -0.121. The second kappa shape index (κ2) is 6.86. The Bertz CT molecular complexity index is 466. The van der Waals surface area contributed by atoms with E-state index in [1.165, 1.54) is 6.07 Å². The molecule has 0 saturated heterocycles. The minimum absolute atomic E-state index is 0.115. The monoisotopic (exact) mass is 290 g/mol. The summed E-state index contributed by atoms with van der Waals surface area (Å²) in [6, 6.07) is 3.21. The molecule has 18 heavy (non-hydrogen) atoms. The number of thiophene rings is 1. The van der Waals surface area contributed by atoms with Crippen molar-refractivity contribution in [2.24, 2.45) is 5.92 Å². The van der Waals surface area contributed by atoms with Crippen LogP contribution in [0.4, 0.5) is 0 Å². The van der Waals surface area contributed by atoms with Crippen LogP contribution >= 0.6 is 11.3 Å². The average molecular weight is 290 g/mol. The van der Waals surface area contributed by atoms with Gasteiger partial charge in [0, 0.05) is 19.5 Å². The van der Waals surface area contributed by atoms with Gasteiger partial charge in [-0.05, 0) is 17.4 Å². The summed E-state index contributed by atoms with van der Waals surface area (Å²) in [5.41, 5.74) is 0. The molecule has 1 rings (SSSR count). The molecule has 7 heteroatoms. The number of carbonyl (C=O) groups is 1. The van der Waals surface area contributed by atoms with Gasteiger partial charge in [-0.15, -0.1) is 11.3 Å². The lowest BCUT2D eigenvalue weighted by atomic mass is 10.2. The Morgan fingerprint density at radius 2 is 2.17 bits per heavy atom. The molecule has 0 bridgehead atoms. The number of amides is 1. The second-order valence-electron chi connectivity index (χ2n) is 4.28. The fraction of sp³-hybridized carbons (Fsp3) is 0.545. The van der Waals surface area contributed by atoms with E-state index in [0.717, 1.165) is 11.3 Å². The van der Waals surface area contributed by atoms with E-state index in [9.17, 15) is 13.2 Å². The van der Waals surface area contributed by atoms with E-state index in [0.29, 0.717) is 12.5 Å². The van der Waals surface area contributed by atoms with Gasteiger partial charge in [0.15, 0.2) is 0 Å². The van der Waals surface area contributed by atoms with Gasteiger partial charge in [-0.25, -0.2) is 13.1 Å². The van der Waals surface area contributed by atoms with Crippen LogP contribution in [-0.2, 0) is 14.8 Å². The number of sulfonamides is 1. The fourth-order valence-corrected chi connectivity index (χ4v) is 3.26. The summed E-state index contributed by atoms with van der Waals surface area (Å²) in [5, 5.41) is 4.43. The summed E-state index contributed by atoms with van der Waals surface area (Å²) in [6.45, 7) is 4.72. The van der Waals surface area contributed by atoms with Crippen molar-refractivity contribution in [3.8, 4) is 0 Å². The highest BCUT2D eigenvalue weighted by atomic mass is 32.2. The number of hydrogen-bond acceptors (Lipinski definition) is 4. The molecule has 102 valence electrons. The standard InChI is InChI=1S/C11H18N2O3S2/c1-9(2)8-12-10(14)5-6-13-18(15,16)11-4-3-7-17-11/h3-4,7,9,13H,5-6,8H2,1-2H3,(H,12,14). The first kappa shape index (κ1) is 15.1. The molecule has 0 saturated carbocycles. The third kappa shape index (κ3) is 5.16. The molecule has 0 aromatic carbocycles. The highest BCUT2D eigenvalue weighted by molar-refractivity contribution is 7.91. The largest absolute Gasteiger partial charge is 0.356 e. The van der Waals surface area contributed by atoms with Crippen LogP contribution < -0.4 is 10.0 Å². The summed E-state index contributed by atoms with van der Waals surface area (Å²) in [7, 11) is -3.46. The van der Waals surface area contributed by atoms with E-state index in [1.807, 2.05) is 13.8 Å². The quantitative estimate of drug-likeness (QED) is 0.792. The molecule has 0 fully saturated rings. The molecule has 0 atom stereocenters. The van der Waals surface area contributed by atoms with Crippen molar-refractivity contribution in [3.63, 3.8) is 0 Å². The molecule has 1 amide bonds. The molecule has 0 aliphatic heterocycles. The van der Waals surface area contributed by atoms with E-state index in [2.05, 4.69) is 10.0 Å². The maximum Gasteiger partial charge on any atom is 0.250 e. The first-order valence-electron chi connectivity index (χ1n) is 5.71. The lowest BCUT2D eigenvalue weighted by Crippen LogP contribution is -2.32. The first-order chi connectivity index (χ1) is 8.42. The van der Waals surface area contributed by atoms with E-state index >= 15 is 0 Å². The maximum absolute atomic E-state index is 11.7. The second-order valence-corrected chi connectivity index (χ2v) is 7.22. The minimum atomic E-state index is -3.46. The molecule has 1 aromatic heterocycles. The van der Waals surface area contributed by atoms with E-state index in [4.69, 9.17) is 0 Å². The zero-order chi connectivity index (χ0) is 13.6. The minimum Gasteiger partial charge on any atom is -0.356 e. The molecule has 5 nitrogen and oxygen atoms in total.